The summed E-state index contributed by atoms with van der Waals surface area (Å²) in [5.41, 5.74) is 1.09. The van der Waals surface area contributed by atoms with Gasteiger partial charge in [0.2, 0.25) is 0 Å². The maximum absolute atomic E-state index is 12.2. The van der Waals surface area contributed by atoms with Gasteiger partial charge in [0, 0.05) is 24.7 Å². The van der Waals surface area contributed by atoms with E-state index in [0.717, 1.165) is 18.4 Å². The molecule has 2 atom stereocenters. The van der Waals surface area contributed by atoms with Crippen LogP contribution in [0.2, 0.25) is 0 Å². The van der Waals surface area contributed by atoms with E-state index in [1.165, 1.54) is 6.42 Å². The molecule has 0 amide bonds. The van der Waals surface area contributed by atoms with Crippen molar-refractivity contribution in [3.8, 4) is 0 Å². The molecule has 0 bridgehead atoms. The van der Waals surface area contributed by atoms with Crippen LogP contribution in [0.4, 0.5) is 0 Å². The lowest BCUT2D eigenvalue weighted by atomic mass is 9.74. The number of carbonyl (C=O) groups excluding carboxylic acids is 1. The van der Waals surface area contributed by atoms with Crippen molar-refractivity contribution < 1.29 is 4.79 Å². The first-order valence-electron chi connectivity index (χ1n) is 6.56. The Morgan fingerprint density at radius 2 is 1.76 bits per heavy atom. The standard InChI is InChI=1S/C15H21NO/c1-11-7-12(2)9-14(8-11)15(17)10-13-3-5-16-6-4-13/h3-6,11-12,14H,7-10H2,1-2H3. The molecule has 2 heteroatoms. The maximum Gasteiger partial charge on any atom is 0.140 e. The van der Waals surface area contributed by atoms with Gasteiger partial charge < -0.3 is 0 Å². The summed E-state index contributed by atoms with van der Waals surface area (Å²) >= 11 is 0. The van der Waals surface area contributed by atoms with Gasteiger partial charge in [-0.15, -0.1) is 0 Å². The number of Topliss-reactive ketones (excluding diaryl/α,β-unsaturated/α-hetero) is 1. The van der Waals surface area contributed by atoms with E-state index in [2.05, 4.69) is 18.8 Å². The van der Waals surface area contributed by atoms with Gasteiger partial charge in [0.25, 0.3) is 0 Å². The Hall–Kier alpha value is -1.18. The van der Waals surface area contributed by atoms with E-state index in [9.17, 15) is 4.79 Å². The molecule has 0 saturated heterocycles. The predicted octanol–water partition coefficient (Wildman–Crippen LogP) is 3.27. The Morgan fingerprint density at radius 1 is 1.18 bits per heavy atom. The zero-order valence-corrected chi connectivity index (χ0v) is 10.7. The minimum absolute atomic E-state index is 0.280. The van der Waals surface area contributed by atoms with Gasteiger partial charge in [-0.25, -0.2) is 0 Å². The van der Waals surface area contributed by atoms with Gasteiger partial charge >= 0.3 is 0 Å². The average molecular weight is 231 g/mol. The van der Waals surface area contributed by atoms with Crippen LogP contribution < -0.4 is 0 Å². The minimum Gasteiger partial charge on any atom is -0.299 e. The molecule has 0 N–H and O–H groups in total. The summed E-state index contributed by atoms with van der Waals surface area (Å²) in [4.78, 5) is 16.2. The van der Waals surface area contributed by atoms with Gasteiger partial charge in [-0.1, -0.05) is 13.8 Å². The number of carbonyl (C=O) groups is 1. The normalized spacial score (nSPS) is 28.9. The maximum atomic E-state index is 12.2. The SMILES string of the molecule is CC1CC(C)CC(C(=O)Cc2ccncc2)C1. The minimum atomic E-state index is 0.280. The molecule has 2 nitrogen and oxygen atoms in total. The Morgan fingerprint density at radius 3 is 2.35 bits per heavy atom. The second kappa shape index (κ2) is 5.44. The highest BCUT2D eigenvalue weighted by Gasteiger charge is 2.28. The molecule has 0 radical (unpaired) electrons. The van der Waals surface area contributed by atoms with Gasteiger partial charge in [0.05, 0.1) is 0 Å². The summed E-state index contributed by atoms with van der Waals surface area (Å²) in [7, 11) is 0. The van der Waals surface area contributed by atoms with Crippen molar-refractivity contribution in [2.45, 2.75) is 39.5 Å². The van der Waals surface area contributed by atoms with Crippen LogP contribution in [0.15, 0.2) is 24.5 Å². The molecule has 92 valence electrons. The molecule has 1 saturated carbocycles. The number of rotatable bonds is 3. The summed E-state index contributed by atoms with van der Waals surface area (Å²) in [6.45, 7) is 4.53. The summed E-state index contributed by atoms with van der Waals surface area (Å²) < 4.78 is 0. The predicted molar refractivity (Wildman–Crippen MR) is 68.6 cm³/mol. The fraction of sp³-hybridized carbons (Fsp3) is 0.600. The molecular formula is C15H21NO. The van der Waals surface area contributed by atoms with Crippen molar-refractivity contribution in [2.75, 3.05) is 0 Å². The van der Waals surface area contributed by atoms with Crippen molar-refractivity contribution in [3.63, 3.8) is 0 Å². The monoisotopic (exact) mass is 231 g/mol. The van der Waals surface area contributed by atoms with E-state index >= 15 is 0 Å². The first kappa shape index (κ1) is 12.3. The third-order valence-corrected chi connectivity index (χ3v) is 3.76. The number of aromatic nitrogens is 1. The lowest BCUT2D eigenvalue weighted by Crippen LogP contribution is -2.27. The van der Waals surface area contributed by atoms with Crippen LogP contribution in [-0.2, 0) is 11.2 Å². The van der Waals surface area contributed by atoms with Crippen LogP contribution in [0.3, 0.4) is 0 Å². The number of hydrogen-bond acceptors (Lipinski definition) is 2. The fourth-order valence-electron chi connectivity index (χ4n) is 3.06. The Labute approximate surface area is 103 Å². The first-order chi connectivity index (χ1) is 8.15. The van der Waals surface area contributed by atoms with Crippen molar-refractivity contribution >= 4 is 5.78 Å². The fourth-order valence-corrected chi connectivity index (χ4v) is 3.06. The van der Waals surface area contributed by atoms with E-state index in [-0.39, 0.29) is 5.92 Å². The van der Waals surface area contributed by atoms with E-state index in [0.29, 0.717) is 24.0 Å². The highest BCUT2D eigenvalue weighted by Crippen LogP contribution is 2.33. The van der Waals surface area contributed by atoms with Crippen molar-refractivity contribution in [3.05, 3.63) is 30.1 Å². The molecule has 0 spiro atoms. The van der Waals surface area contributed by atoms with E-state index in [4.69, 9.17) is 0 Å². The molecule has 2 unspecified atom stereocenters. The van der Waals surface area contributed by atoms with Gasteiger partial charge in [0.1, 0.15) is 5.78 Å². The lowest BCUT2D eigenvalue weighted by Gasteiger charge is -2.30. The van der Waals surface area contributed by atoms with Gasteiger partial charge in [-0.3, -0.25) is 9.78 Å². The molecule has 0 aliphatic heterocycles. The Balaban J connectivity index is 1.96. The summed E-state index contributed by atoms with van der Waals surface area (Å²) in [6, 6.07) is 3.88. The molecule has 2 rings (SSSR count). The summed E-state index contributed by atoms with van der Waals surface area (Å²) in [5.74, 6) is 2.09. The first-order valence-corrected chi connectivity index (χ1v) is 6.56. The lowest BCUT2D eigenvalue weighted by molar-refractivity contribution is -0.124. The zero-order valence-electron chi connectivity index (χ0n) is 10.7. The van der Waals surface area contributed by atoms with Crippen molar-refractivity contribution in [2.24, 2.45) is 17.8 Å². The smallest absolute Gasteiger partial charge is 0.140 e. The van der Waals surface area contributed by atoms with Crippen LogP contribution in [0, 0.1) is 17.8 Å². The number of pyridine rings is 1. The molecule has 1 aliphatic carbocycles. The van der Waals surface area contributed by atoms with Crippen LogP contribution in [0.25, 0.3) is 0 Å². The van der Waals surface area contributed by atoms with E-state index in [1.54, 1.807) is 12.4 Å². The highest BCUT2D eigenvalue weighted by molar-refractivity contribution is 5.83. The second-order valence-corrected chi connectivity index (χ2v) is 5.61. The molecule has 1 aromatic rings. The summed E-state index contributed by atoms with van der Waals surface area (Å²) in [5, 5.41) is 0. The Bertz CT molecular complexity index is 364. The molecule has 1 fully saturated rings. The topological polar surface area (TPSA) is 30.0 Å². The van der Waals surface area contributed by atoms with Gasteiger partial charge in [-0.05, 0) is 48.8 Å². The van der Waals surface area contributed by atoms with Crippen LogP contribution >= 0.6 is 0 Å². The third kappa shape index (κ3) is 3.39. The Kier molecular flexibility index (Phi) is 3.93. The van der Waals surface area contributed by atoms with E-state index in [1.807, 2.05) is 12.1 Å². The third-order valence-electron chi connectivity index (χ3n) is 3.76. The molecule has 1 aromatic heterocycles. The van der Waals surface area contributed by atoms with Gasteiger partial charge in [-0.2, -0.15) is 0 Å². The average Bonchev–Trinajstić information content (AvgIpc) is 2.29. The van der Waals surface area contributed by atoms with Crippen LogP contribution in [0.1, 0.15) is 38.7 Å². The molecule has 17 heavy (non-hydrogen) atoms. The van der Waals surface area contributed by atoms with Crippen LogP contribution in [-0.4, -0.2) is 10.8 Å². The van der Waals surface area contributed by atoms with Crippen LogP contribution in [0.5, 0.6) is 0 Å². The highest BCUT2D eigenvalue weighted by atomic mass is 16.1. The second-order valence-electron chi connectivity index (χ2n) is 5.61. The molecule has 1 aliphatic rings. The largest absolute Gasteiger partial charge is 0.299 e. The zero-order chi connectivity index (χ0) is 12.3. The quantitative estimate of drug-likeness (QED) is 0.799. The van der Waals surface area contributed by atoms with E-state index < -0.39 is 0 Å². The van der Waals surface area contributed by atoms with Crippen molar-refractivity contribution in [1.82, 2.24) is 4.98 Å². The summed E-state index contributed by atoms with van der Waals surface area (Å²) in [6.07, 6.45) is 7.53. The van der Waals surface area contributed by atoms with Crippen molar-refractivity contribution in [1.29, 1.82) is 0 Å². The number of hydrogen-bond donors (Lipinski definition) is 0. The number of ketones is 1. The molecular weight excluding hydrogens is 210 g/mol. The number of nitrogens with zero attached hydrogens (tertiary/aromatic N) is 1. The molecule has 0 aromatic carbocycles. The molecule has 1 heterocycles. The van der Waals surface area contributed by atoms with Gasteiger partial charge in [0.15, 0.2) is 0 Å².